The minimum absolute atomic E-state index is 0.0442. The van der Waals surface area contributed by atoms with Crippen LogP contribution in [0.1, 0.15) is 52.2 Å². The van der Waals surface area contributed by atoms with Crippen molar-refractivity contribution in [1.29, 1.82) is 0 Å². The van der Waals surface area contributed by atoms with Crippen molar-refractivity contribution in [2.75, 3.05) is 13.2 Å². The molecule has 0 saturated carbocycles. The Morgan fingerprint density at radius 3 is 2.64 bits per heavy atom. The molecule has 0 bridgehead atoms. The lowest BCUT2D eigenvalue weighted by Gasteiger charge is -2.23. The van der Waals surface area contributed by atoms with Gasteiger partial charge in [0.05, 0.1) is 11.3 Å². The number of benzene rings is 2. The Hall–Kier alpha value is -3.49. The lowest BCUT2D eigenvalue weighted by Crippen LogP contribution is -2.39. The molecule has 1 unspecified atom stereocenters. The van der Waals surface area contributed by atoms with Crippen LogP contribution >= 0.6 is 11.6 Å². The first-order valence-electron chi connectivity index (χ1n) is 11.7. The third kappa shape index (κ3) is 5.83. The van der Waals surface area contributed by atoms with Gasteiger partial charge >= 0.3 is 0 Å². The third-order valence-corrected chi connectivity index (χ3v) is 6.76. The van der Waals surface area contributed by atoms with E-state index in [0.717, 1.165) is 0 Å². The number of amides is 1. The lowest BCUT2D eigenvalue weighted by molar-refractivity contribution is 0.0694. The topological polar surface area (TPSA) is 92.9 Å². The van der Waals surface area contributed by atoms with Crippen LogP contribution in [0.2, 0.25) is 5.02 Å². The maximum absolute atomic E-state index is 15.2. The number of nitrogens with one attached hydrogen (secondary N) is 1. The highest BCUT2D eigenvalue weighted by atomic mass is 35.5. The second-order valence-electron chi connectivity index (χ2n) is 8.79. The fraction of sp³-hybridized carbons (Fsp3) is 0.296. The molecule has 1 atom stereocenters. The first-order chi connectivity index (χ1) is 17.4. The highest BCUT2D eigenvalue weighted by molar-refractivity contribution is 6.31. The third-order valence-electron chi connectivity index (χ3n) is 6.41. The highest BCUT2D eigenvalue weighted by Gasteiger charge is 2.24. The normalized spacial score (nSPS) is 15.5. The molecule has 2 aromatic carbocycles. The van der Waals surface area contributed by atoms with Gasteiger partial charge in [-0.25, -0.2) is 4.39 Å². The standard InChI is InChI=1S/C27H27ClFN3O4/c1-32-16-18(7-9-26(32)33)25(31-35)15-22(20-4-2-3-5-23(20)28)17-6-8-21(24(29)14-17)27(34)30-19-10-12-36-13-11-19/h2-9,14,16,19,22,35H,10-13,15H2,1H3,(H,30,34). The van der Waals surface area contributed by atoms with E-state index in [1.165, 1.54) is 22.8 Å². The number of rotatable bonds is 7. The summed E-state index contributed by atoms with van der Waals surface area (Å²) in [7, 11) is 1.60. The zero-order valence-corrected chi connectivity index (χ0v) is 20.5. The minimum Gasteiger partial charge on any atom is -0.411 e. The summed E-state index contributed by atoms with van der Waals surface area (Å²) in [6.07, 6.45) is 3.12. The maximum Gasteiger partial charge on any atom is 0.254 e. The van der Waals surface area contributed by atoms with Gasteiger partial charge in [-0.15, -0.1) is 0 Å². The zero-order chi connectivity index (χ0) is 25.7. The van der Waals surface area contributed by atoms with Crippen molar-refractivity contribution in [1.82, 2.24) is 9.88 Å². The van der Waals surface area contributed by atoms with Crippen LogP contribution in [-0.2, 0) is 11.8 Å². The summed E-state index contributed by atoms with van der Waals surface area (Å²) < 4.78 is 21.9. The van der Waals surface area contributed by atoms with Crippen molar-refractivity contribution in [3.05, 3.63) is 104 Å². The second-order valence-corrected chi connectivity index (χ2v) is 9.20. The number of oxime groups is 1. The molecule has 0 radical (unpaired) electrons. The van der Waals surface area contributed by atoms with E-state index in [1.807, 2.05) is 12.1 Å². The number of nitrogens with zero attached hydrogens (tertiary/aromatic N) is 2. The largest absolute Gasteiger partial charge is 0.411 e. The molecular formula is C27H27ClFN3O4. The molecule has 4 rings (SSSR count). The molecule has 1 saturated heterocycles. The van der Waals surface area contributed by atoms with Gasteiger partial charge in [0.15, 0.2) is 0 Å². The summed E-state index contributed by atoms with van der Waals surface area (Å²) in [6.45, 7) is 1.13. The van der Waals surface area contributed by atoms with E-state index in [9.17, 15) is 14.8 Å². The van der Waals surface area contributed by atoms with Crippen molar-refractivity contribution < 1.29 is 19.1 Å². The number of pyridine rings is 1. The van der Waals surface area contributed by atoms with Gasteiger partial charge in [0.25, 0.3) is 5.91 Å². The molecule has 1 aromatic heterocycles. The Kier molecular flexibility index (Phi) is 8.18. The van der Waals surface area contributed by atoms with E-state index in [-0.39, 0.29) is 23.6 Å². The molecule has 1 amide bonds. The van der Waals surface area contributed by atoms with Gasteiger partial charge in [0, 0.05) is 61.5 Å². The smallest absolute Gasteiger partial charge is 0.254 e. The summed E-state index contributed by atoms with van der Waals surface area (Å²) in [6, 6.07) is 14.6. The number of hydrogen-bond acceptors (Lipinski definition) is 5. The van der Waals surface area contributed by atoms with E-state index in [2.05, 4.69) is 10.5 Å². The Morgan fingerprint density at radius 1 is 1.22 bits per heavy atom. The quantitative estimate of drug-likeness (QED) is 0.278. The van der Waals surface area contributed by atoms with Crippen LogP contribution in [0.4, 0.5) is 4.39 Å². The molecule has 188 valence electrons. The van der Waals surface area contributed by atoms with Crippen LogP contribution in [0.25, 0.3) is 0 Å². The minimum atomic E-state index is -0.654. The number of aryl methyl sites for hydroxylation is 1. The number of carbonyl (C=O) groups excluding carboxylic acids is 1. The number of hydrogen-bond donors (Lipinski definition) is 2. The average molecular weight is 512 g/mol. The van der Waals surface area contributed by atoms with Crippen molar-refractivity contribution in [3.8, 4) is 0 Å². The van der Waals surface area contributed by atoms with Gasteiger partial charge in [-0.05, 0) is 48.2 Å². The molecule has 7 nitrogen and oxygen atoms in total. The van der Waals surface area contributed by atoms with Crippen molar-refractivity contribution in [2.45, 2.75) is 31.2 Å². The first kappa shape index (κ1) is 25.6. The summed E-state index contributed by atoms with van der Waals surface area (Å²) in [5, 5.41) is 16.6. The molecular weight excluding hydrogens is 485 g/mol. The molecule has 9 heteroatoms. The zero-order valence-electron chi connectivity index (χ0n) is 19.8. The van der Waals surface area contributed by atoms with Crippen molar-refractivity contribution in [2.24, 2.45) is 12.2 Å². The summed E-state index contributed by atoms with van der Waals surface area (Å²) in [4.78, 5) is 24.5. The molecule has 0 aliphatic carbocycles. The van der Waals surface area contributed by atoms with Crippen LogP contribution in [-0.4, -0.2) is 40.6 Å². The number of aromatic nitrogens is 1. The lowest BCUT2D eigenvalue weighted by atomic mass is 9.85. The van der Waals surface area contributed by atoms with E-state index in [0.29, 0.717) is 53.5 Å². The van der Waals surface area contributed by atoms with Crippen LogP contribution in [0, 0.1) is 5.82 Å². The predicted molar refractivity (Wildman–Crippen MR) is 136 cm³/mol. The number of carbonyl (C=O) groups is 1. The predicted octanol–water partition coefficient (Wildman–Crippen LogP) is 4.49. The van der Waals surface area contributed by atoms with Gasteiger partial charge in [-0.3, -0.25) is 9.59 Å². The Bertz CT molecular complexity index is 1330. The van der Waals surface area contributed by atoms with Crippen molar-refractivity contribution >= 4 is 23.2 Å². The summed E-state index contributed by atoms with van der Waals surface area (Å²) in [5.41, 5.74) is 1.88. The molecule has 2 N–H and O–H groups in total. The number of halogens is 2. The molecule has 0 spiro atoms. The Labute approximate surface area is 213 Å². The fourth-order valence-electron chi connectivity index (χ4n) is 4.38. The van der Waals surface area contributed by atoms with Crippen LogP contribution < -0.4 is 10.9 Å². The SMILES string of the molecule is Cn1cc(C(CC(c2ccc(C(=O)NC3CCOCC3)c(F)c2)c2ccccc2Cl)=NO)ccc1=O. The van der Waals surface area contributed by atoms with E-state index in [4.69, 9.17) is 16.3 Å². The van der Waals surface area contributed by atoms with E-state index >= 15 is 4.39 Å². The van der Waals surface area contributed by atoms with Gasteiger partial charge in [-0.1, -0.05) is 41.0 Å². The van der Waals surface area contributed by atoms with Crippen LogP contribution in [0.3, 0.4) is 0 Å². The fourth-order valence-corrected chi connectivity index (χ4v) is 4.64. The molecule has 1 fully saturated rings. The monoisotopic (exact) mass is 511 g/mol. The highest BCUT2D eigenvalue weighted by Crippen LogP contribution is 2.35. The second kappa shape index (κ2) is 11.5. The first-order valence-corrected chi connectivity index (χ1v) is 12.1. The molecule has 36 heavy (non-hydrogen) atoms. The summed E-state index contributed by atoms with van der Waals surface area (Å²) in [5.74, 6) is -1.61. The number of ether oxygens (including phenoxy) is 1. The van der Waals surface area contributed by atoms with Gasteiger partial charge in [0.2, 0.25) is 5.56 Å². The van der Waals surface area contributed by atoms with Crippen molar-refractivity contribution in [3.63, 3.8) is 0 Å². The van der Waals surface area contributed by atoms with Crippen LogP contribution in [0.5, 0.6) is 0 Å². The van der Waals surface area contributed by atoms with E-state index in [1.54, 1.807) is 37.5 Å². The Balaban J connectivity index is 1.66. The van der Waals surface area contributed by atoms with Gasteiger partial charge < -0.3 is 19.8 Å². The van der Waals surface area contributed by atoms with E-state index < -0.39 is 17.6 Å². The molecule has 1 aliphatic heterocycles. The molecule has 2 heterocycles. The maximum atomic E-state index is 15.2. The summed E-state index contributed by atoms with van der Waals surface area (Å²) >= 11 is 6.50. The van der Waals surface area contributed by atoms with Crippen LogP contribution in [0.15, 0.2) is 70.7 Å². The molecule has 1 aliphatic rings. The Morgan fingerprint density at radius 2 is 1.97 bits per heavy atom. The average Bonchev–Trinajstić information content (AvgIpc) is 2.88. The van der Waals surface area contributed by atoms with Gasteiger partial charge in [0.1, 0.15) is 5.82 Å². The van der Waals surface area contributed by atoms with Gasteiger partial charge in [-0.2, -0.15) is 0 Å². The molecule has 3 aromatic rings.